The molecule has 1 N–H and O–H groups in total. The van der Waals surface area contributed by atoms with Gasteiger partial charge >= 0.3 is 0 Å². The molecular formula is C14H13ClN2O2S. The van der Waals surface area contributed by atoms with Crippen LogP contribution in [-0.2, 0) is 9.84 Å². The van der Waals surface area contributed by atoms with Gasteiger partial charge in [0.25, 0.3) is 0 Å². The molecule has 104 valence electrons. The van der Waals surface area contributed by atoms with Crippen LogP contribution in [0.2, 0.25) is 5.15 Å². The van der Waals surface area contributed by atoms with Crippen molar-refractivity contribution in [3.8, 4) is 0 Å². The number of fused-ring (bicyclic) bond motifs is 1. The van der Waals surface area contributed by atoms with Crippen molar-refractivity contribution in [2.75, 3.05) is 11.1 Å². The van der Waals surface area contributed by atoms with Gasteiger partial charge in [0.05, 0.1) is 28.6 Å². The summed E-state index contributed by atoms with van der Waals surface area (Å²) in [6, 6.07) is 10.6. The normalized spacial score (nSPS) is 20.1. The average Bonchev–Trinajstić information content (AvgIpc) is 2.45. The van der Waals surface area contributed by atoms with Crippen LogP contribution < -0.4 is 5.32 Å². The van der Waals surface area contributed by atoms with Crippen LogP contribution in [0.25, 0.3) is 0 Å². The molecule has 0 aliphatic carbocycles. The van der Waals surface area contributed by atoms with E-state index < -0.39 is 9.84 Å². The second-order valence-electron chi connectivity index (χ2n) is 4.71. The Morgan fingerprint density at radius 2 is 2.00 bits per heavy atom. The number of hydrogen-bond acceptors (Lipinski definition) is 4. The molecule has 0 saturated heterocycles. The number of rotatable bonds is 2. The van der Waals surface area contributed by atoms with Crippen LogP contribution >= 0.6 is 11.6 Å². The average molecular weight is 309 g/mol. The van der Waals surface area contributed by atoms with Crippen LogP contribution in [0.3, 0.4) is 0 Å². The number of benzene rings is 1. The number of pyridine rings is 1. The third kappa shape index (κ3) is 2.51. The van der Waals surface area contributed by atoms with Gasteiger partial charge in [-0.15, -0.1) is 0 Å². The van der Waals surface area contributed by atoms with Crippen molar-refractivity contribution in [2.24, 2.45) is 0 Å². The Balaban J connectivity index is 1.94. The van der Waals surface area contributed by atoms with Crippen molar-refractivity contribution in [2.45, 2.75) is 17.4 Å². The van der Waals surface area contributed by atoms with Gasteiger partial charge in [0.15, 0.2) is 9.84 Å². The van der Waals surface area contributed by atoms with Crippen LogP contribution in [0, 0.1) is 0 Å². The number of nitrogens with zero attached hydrogens (tertiary/aromatic N) is 1. The summed E-state index contributed by atoms with van der Waals surface area (Å²) in [6.45, 7) is 0. The molecule has 1 aliphatic rings. The van der Waals surface area contributed by atoms with Crippen molar-refractivity contribution in [3.05, 3.63) is 53.3 Å². The highest BCUT2D eigenvalue weighted by Crippen LogP contribution is 2.34. The number of nitrogens with one attached hydrogen (secondary N) is 1. The lowest BCUT2D eigenvalue weighted by atomic mass is 10.0. The Labute approximate surface area is 122 Å². The van der Waals surface area contributed by atoms with Crippen molar-refractivity contribution < 1.29 is 8.42 Å². The molecule has 1 aromatic heterocycles. The first-order valence-corrected chi connectivity index (χ1v) is 8.29. The molecule has 2 aromatic rings. The number of aromatic nitrogens is 1. The first-order chi connectivity index (χ1) is 9.56. The first kappa shape index (κ1) is 13.4. The highest BCUT2D eigenvalue weighted by atomic mass is 35.5. The third-order valence-electron chi connectivity index (χ3n) is 3.37. The minimum Gasteiger partial charge on any atom is -0.377 e. The SMILES string of the molecule is O=S1(=O)CCC(Nc2ccc(Cl)nc2)c2ccccc21. The van der Waals surface area contributed by atoms with E-state index in [2.05, 4.69) is 10.3 Å². The Morgan fingerprint density at radius 3 is 2.75 bits per heavy atom. The zero-order valence-electron chi connectivity index (χ0n) is 10.6. The van der Waals surface area contributed by atoms with Crippen molar-refractivity contribution in [3.63, 3.8) is 0 Å². The van der Waals surface area contributed by atoms with E-state index >= 15 is 0 Å². The second-order valence-corrected chi connectivity index (χ2v) is 7.18. The van der Waals surface area contributed by atoms with Gasteiger partial charge in [-0.3, -0.25) is 0 Å². The second kappa shape index (κ2) is 5.07. The fourth-order valence-electron chi connectivity index (χ4n) is 2.40. The molecule has 0 saturated carbocycles. The molecule has 4 nitrogen and oxygen atoms in total. The molecule has 0 amide bonds. The van der Waals surface area contributed by atoms with E-state index in [1.807, 2.05) is 18.2 Å². The van der Waals surface area contributed by atoms with E-state index in [1.54, 1.807) is 24.4 Å². The van der Waals surface area contributed by atoms with E-state index in [0.29, 0.717) is 16.5 Å². The standard InChI is InChI=1S/C14H13ClN2O2S/c15-14-6-5-10(9-16-14)17-12-7-8-20(18,19)13-4-2-1-3-11(12)13/h1-6,9,12,17H,7-8H2. The zero-order chi connectivity index (χ0) is 14.2. The lowest BCUT2D eigenvalue weighted by Crippen LogP contribution is -2.24. The van der Waals surface area contributed by atoms with Crippen LogP contribution in [0.4, 0.5) is 5.69 Å². The van der Waals surface area contributed by atoms with Crippen molar-refractivity contribution in [1.82, 2.24) is 4.98 Å². The van der Waals surface area contributed by atoms with E-state index in [1.165, 1.54) is 0 Å². The third-order valence-corrected chi connectivity index (χ3v) is 5.41. The highest BCUT2D eigenvalue weighted by molar-refractivity contribution is 7.91. The molecule has 0 radical (unpaired) electrons. The number of hydrogen-bond donors (Lipinski definition) is 1. The summed E-state index contributed by atoms with van der Waals surface area (Å²) in [6.07, 6.45) is 2.19. The Bertz CT molecular complexity index is 729. The molecule has 2 heterocycles. The molecule has 0 spiro atoms. The maximum Gasteiger partial charge on any atom is 0.178 e. The van der Waals surface area contributed by atoms with Gasteiger partial charge in [0.2, 0.25) is 0 Å². The predicted molar refractivity (Wildman–Crippen MR) is 78.7 cm³/mol. The summed E-state index contributed by atoms with van der Waals surface area (Å²) in [5.74, 6) is 0.155. The summed E-state index contributed by atoms with van der Waals surface area (Å²) in [5.41, 5.74) is 1.64. The molecule has 6 heteroatoms. The summed E-state index contributed by atoms with van der Waals surface area (Å²) < 4.78 is 24.1. The predicted octanol–water partition coefficient (Wildman–Crippen LogP) is 3.07. The lowest BCUT2D eigenvalue weighted by molar-refractivity contribution is 0.576. The van der Waals surface area contributed by atoms with Crippen molar-refractivity contribution >= 4 is 27.1 Å². The maximum atomic E-state index is 12.1. The van der Waals surface area contributed by atoms with E-state index in [0.717, 1.165) is 11.3 Å². The minimum absolute atomic E-state index is 0.0299. The Morgan fingerprint density at radius 1 is 1.20 bits per heavy atom. The first-order valence-electron chi connectivity index (χ1n) is 6.26. The summed E-state index contributed by atoms with van der Waals surface area (Å²) in [7, 11) is -3.15. The minimum atomic E-state index is -3.15. The van der Waals surface area contributed by atoms with E-state index in [9.17, 15) is 8.42 Å². The molecule has 20 heavy (non-hydrogen) atoms. The summed E-state index contributed by atoms with van der Waals surface area (Å²) in [5, 5.41) is 3.75. The van der Waals surface area contributed by atoms with Gasteiger partial charge in [-0.05, 0) is 30.2 Å². The lowest BCUT2D eigenvalue weighted by Gasteiger charge is -2.26. The summed E-state index contributed by atoms with van der Waals surface area (Å²) in [4.78, 5) is 4.44. The molecule has 1 atom stereocenters. The van der Waals surface area contributed by atoms with E-state index in [-0.39, 0.29) is 11.8 Å². The van der Waals surface area contributed by atoms with Gasteiger partial charge < -0.3 is 5.32 Å². The number of sulfone groups is 1. The largest absolute Gasteiger partial charge is 0.377 e. The Hall–Kier alpha value is -1.59. The van der Waals surface area contributed by atoms with Gasteiger partial charge in [0, 0.05) is 0 Å². The van der Waals surface area contributed by atoms with Crippen LogP contribution in [0.15, 0.2) is 47.5 Å². The quantitative estimate of drug-likeness (QED) is 0.866. The molecular weight excluding hydrogens is 296 g/mol. The summed E-state index contributed by atoms with van der Waals surface area (Å²) >= 11 is 5.75. The molecule has 1 aliphatic heterocycles. The molecule has 1 aromatic carbocycles. The fraction of sp³-hybridized carbons (Fsp3) is 0.214. The van der Waals surface area contributed by atoms with Gasteiger partial charge in [-0.2, -0.15) is 0 Å². The zero-order valence-corrected chi connectivity index (χ0v) is 12.2. The van der Waals surface area contributed by atoms with Crippen LogP contribution in [-0.4, -0.2) is 19.2 Å². The number of anilines is 1. The number of halogens is 1. The van der Waals surface area contributed by atoms with E-state index in [4.69, 9.17) is 11.6 Å². The van der Waals surface area contributed by atoms with Gasteiger partial charge in [-0.1, -0.05) is 29.8 Å². The van der Waals surface area contributed by atoms with Crippen molar-refractivity contribution in [1.29, 1.82) is 0 Å². The van der Waals surface area contributed by atoms with Crippen LogP contribution in [0.1, 0.15) is 18.0 Å². The maximum absolute atomic E-state index is 12.1. The van der Waals surface area contributed by atoms with Crippen LogP contribution in [0.5, 0.6) is 0 Å². The molecule has 0 bridgehead atoms. The van der Waals surface area contributed by atoms with Gasteiger partial charge in [0.1, 0.15) is 5.15 Å². The topological polar surface area (TPSA) is 59.1 Å². The van der Waals surface area contributed by atoms with Gasteiger partial charge in [-0.25, -0.2) is 13.4 Å². The smallest absolute Gasteiger partial charge is 0.178 e. The Kier molecular flexibility index (Phi) is 3.40. The monoisotopic (exact) mass is 308 g/mol. The highest BCUT2D eigenvalue weighted by Gasteiger charge is 2.29. The molecule has 0 fully saturated rings. The molecule has 1 unspecified atom stereocenters. The molecule has 3 rings (SSSR count). The fourth-order valence-corrected chi connectivity index (χ4v) is 4.14.